The van der Waals surface area contributed by atoms with Gasteiger partial charge in [-0.2, -0.15) is 13.6 Å². The van der Waals surface area contributed by atoms with Crippen molar-refractivity contribution in [1.29, 1.82) is 0 Å². The van der Waals surface area contributed by atoms with Crippen molar-refractivity contribution in [2.75, 3.05) is 50.7 Å². The van der Waals surface area contributed by atoms with E-state index in [4.69, 9.17) is 58.6 Å². The van der Waals surface area contributed by atoms with E-state index in [1.807, 2.05) is 0 Å². The van der Waals surface area contributed by atoms with Crippen LogP contribution in [-0.2, 0) is 79.8 Å². The Morgan fingerprint density at radius 1 is 0.577 bits per heavy atom. The topological polar surface area (TPSA) is 673 Å². The number of rotatable bonds is 25. The number of aromatic amines is 2. The van der Waals surface area contributed by atoms with Crippen LogP contribution in [0.4, 0.5) is 17.7 Å². The molecule has 12 rings (SSSR count). The fraction of sp³-hybridized carbons (Fsp3) is 0.556. The average molecular weight is 1470 g/mol. The minimum absolute atomic E-state index is 0.0321. The summed E-state index contributed by atoms with van der Waals surface area (Å²) in [6, 6.07) is -2.04. The summed E-state index contributed by atoms with van der Waals surface area (Å²) in [6.07, 6.45) is -14.3. The summed E-state index contributed by atoms with van der Waals surface area (Å²) in [5, 5.41) is 56.0. The lowest BCUT2D eigenvalue weighted by atomic mass is 10.1. The summed E-state index contributed by atoms with van der Waals surface area (Å²) in [6.45, 7) is -2.59. The van der Waals surface area contributed by atoms with Gasteiger partial charge in [0.15, 0.2) is 40.8 Å². The fourth-order valence-corrected chi connectivity index (χ4v) is 17.6. The standard InChI is InChI=1S/C45H60N19O28P5/c1-16-23-36(51-10-49-16)61(12-53-23)19-4-17(27(65)28(19)66)6-83-93(72,73)89-32-18(5-20(29(32)67)62-13-54-24-35(46)50-11-52-37(24)62)7-84-94(74,75)90-33-22(88-43(34(33)82-3)63-14-55-25-38(63)56-44(47)58-40(25)70)9-86-96(78,79)92-97(80,81)91-95(76,77)85-8-21-30(68)31(69)42(87-21)64-15-60(2)26-39(64)57-45(48)59-41(26)71/h10-15,17-22,27-34,42-43,65-69H,4-9H2,1-3H3,(H12-,46,47,48,50,52,56,57,58,59,70,71,72,73,74,75,76,77,78,79,80,81)/p+1/t17-,18-,19-,20-,21?,22-,27?,28-,29-,30?,31?,32?,33?,34+,42-,43-/m1/s1. The normalized spacial score (nSPS) is 30.9. The molecule has 11 unspecified atom stereocenters. The van der Waals surface area contributed by atoms with E-state index in [9.17, 15) is 82.4 Å². The zero-order valence-electron chi connectivity index (χ0n) is 50.0. The molecule has 4 aliphatic rings. The van der Waals surface area contributed by atoms with E-state index in [-0.39, 0.29) is 58.1 Å². The van der Waals surface area contributed by atoms with Crippen molar-refractivity contribution in [3.63, 3.8) is 0 Å². The number of hydrogen-bond donors (Lipinski definition) is 15. The fourth-order valence-electron chi connectivity index (χ4n) is 12.1. The summed E-state index contributed by atoms with van der Waals surface area (Å²) in [7, 11) is -26.9. The Labute approximate surface area is 539 Å². The van der Waals surface area contributed by atoms with Gasteiger partial charge >= 0.3 is 44.8 Å². The maximum absolute atomic E-state index is 14.4. The van der Waals surface area contributed by atoms with Crippen LogP contribution in [0.2, 0.25) is 0 Å². The van der Waals surface area contributed by atoms with Crippen LogP contribution in [-0.4, -0.2) is 218 Å². The molecule has 0 bridgehead atoms. The van der Waals surface area contributed by atoms with Crippen LogP contribution in [0.5, 0.6) is 0 Å². The van der Waals surface area contributed by atoms with Gasteiger partial charge in [-0.15, -0.1) is 0 Å². The molecule has 2 aliphatic heterocycles. The van der Waals surface area contributed by atoms with Gasteiger partial charge in [-0.3, -0.25) is 55.8 Å². The first-order valence-electron chi connectivity index (χ1n) is 28.4. The summed E-state index contributed by atoms with van der Waals surface area (Å²) >= 11 is 0. The van der Waals surface area contributed by atoms with Gasteiger partial charge in [-0.25, -0.2) is 62.3 Å². The number of anilines is 3. The van der Waals surface area contributed by atoms with Crippen LogP contribution in [0.15, 0.2) is 47.6 Å². The minimum Gasteiger partial charge on any atom is -0.390 e. The predicted molar refractivity (Wildman–Crippen MR) is 316 cm³/mol. The zero-order valence-corrected chi connectivity index (χ0v) is 54.5. The molecular formula is C45H61N19O28P5+. The van der Waals surface area contributed by atoms with Gasteiger partial charge in [-0.1, -0.05) is 4.98 Å². The molecule has 0 radical (unpaired) electrons. The number of aryl methyl sites for hydroxylation is 2. The number of imidazole rings is 4. The van der Waals surface area contributed by atoms with Crippen molar-refractivity contribution in [1.82, 2.24) is 73.1 Å². The minimum atomic E-state index is -6.31. The Hall–Kier alpha value is -6.49. The molecule has 97 heavy (non-hydrogen) atoms. The second-order valence-electron chi connectivity index (χ2n) is 22.6. The van der Waals surface area contributed by atoms with Crippen molar-refractivity contribution in [3.8, 4) is 0 Å². The molecular weight excluding hydrogens is 1410 g/mol. The van der Waals surface area contributed by atoms with E-state index in [2.05, 4.69) is 63.4 Å². The first kappa shape index (κ1) is 70.4. The van der Waals surface area contributed by atoms with Crippen LogP contribution in [0.3, 0.4) is 0 Å². The summed E-state index contributed by atoms with van der Waals surface area (Å²) in [5.41, 5.74) is 16.6. The molecule has 47 nitrogen and oxygen atoms in total. The number of phosphoric acid groups is 5. The summed E-state index contributed by atoms with van der Waals surface area (Å²) in [5.74, 6) is -3.25. The van der Waals surface area contributed by atoms with E-state index in [0.29, 0.717) is 16.9 Å². The molecule has 8 aromatic heterocycles. The van der Waals surface area contributed by atoms with Crippen molar-refractivity contribution < 1.29 is 127 Å². The van der Waals surface area contributed by atoms with Gasteiger partial charge in [0.05, 0.1) is 76.3 Å². The third-order valence-electron chi connectivity index (χ3n) is 16.5. The predicted octanol–water partition coefficient (Wildman–Crippen LogP) is -3.47. The largest absolute Gasteiger partial charge is 0.490 e. The van der Waals surface area contributed by atoms with Gasteiger partial charge in [0.25, 0.3) is 17.1 Å². The first-order valence-corrected chi connectivity index (χ1v) is 35.9. The highest BCUT2D eigenvalue weighted by molar-refractivity contribution is 7.66. The SMILES string of the molecule is CO[C@H]1C(OP(=O)(O)OC[C@H]2C[C@@H](n3cnc4c(N)ncnc43)[C@@H](O)C2OP(=O)(O)OC[C@H]2C[C@@H](n3cnc4c(C)ncnc43)[C@@H](O)C2O)[C@@H](COP(=O)(O)OP(=O)(O)OP(=O)(O)OCC2O[C@@H]([n+]3cn(C)c4c(=O)[nH]c(N)nc43)C(O)C2O)O[C@H]1n1cnc2c(=O)[nH]c(N)nc21. The maximum atomic E-state index is 14.4. The molecule has 10 heterocycles. The maximum Gasteiger partial charge on any atom is 0.490 e. The van der Waals surface area contributed by atoms with Crippen molar-refractivity contribution in [3.05, 3.63) is 64.4 Å². The highest BCUT2D eigenvalue weighted by Crippen LogP contribution is 2.68. The number of nitrogens with one attached hydrogen (secondary N) is 2. The number of aliphatic hydroxyl groups excluding tert-OH is 5. The lowest BCUT2D eigenvalue weighted by Gasteiger charge is -2.28. The van der Waals surface area contributed by atoms with Crippen molar-refractivity contribution >= 4 is 101 Å². The summed E-state index contributed by atoms with van der Waals surface area (Å²) < 4.78 is 132. The third-order valence-corrected chi connectivity index (χ3v) is 22.7. The Morgan fingerprint density at radius 2 is 1.12 bits per heavy atom. The van der Waals surface area contributed by atoms with Gasteiger partial charge < -0.3 is 90.5 Å². The number of ether oxygens (including phenoxy) is 3. The van der Waals surface area contributed by atoms with Crippen LogP contribution in [0, 0.1) is 18.8 Å². The van der Waals surface area contributed by atoms with Crippen LogP contribution >= 0.6 is 39.1 Å². The molecule has 8 aromatic rings. The Bertz CT molecular complexity index is 4690. The Kier molecular flexibility index (Phi) is 19.3. The number of aromatic nitrogens is 16. The number of aliphatic hydroxyl groups is 5. The molecule has 21 atom stereocenters. The van der Waals surface area contributed by atoms with Gasteiger partial charge in [0.2, 0.25) is 17.7 Å². The molecule has 2 saturated heterocycles. The van der Waals surface area contributed by atoms with E-state index < -0.39 is 180 Å². The van der Waals surface area contributed by atoms with Gasteiger partial charge in [0, 0.05) is 18.9 Å². The quantitative estimate of drug-likeness (QED) is 0.0195. The number of methoxy groups -OCH3 is 1. The molecule has 2 aliphatic carbocycles. The van der Waals surface area contributed by atoms with Crippen LogP contribution in [0.1, 0.15) is 43.1 Å². The second kappa shape index (κ2) is 26.6. The zero-order chi connectivity index (χ0) is 69.7. The van der Waals surface area contributed by atoms with Crippen LogP contribution < -0.4 is 32.9 Å². The van der Waals surface area contributed by atoms with Gasteiger partial charge in [0.1, 0.15) is 78.6 Å². The average Bonchev–Trinajstić information content (AvgIpc) is 1.60. The van der Waals surface area contributed by atoms with Crippen molar-refractivity contribution in [2.45, 2.75) is 105 Å². The van der Waals surface area contributed by atoms with E-state index in [0.717, 1.165) is 28.9 Å². The Morgan fingerprint density at radius 3 is 1.79 bits per heavy atom. The highest BCUT2D eigenvalue weighted by Gasteiger charge is 2.55. The molecule has 52 heteroatoms. The van der Waals surface area contributed by atoms with Crippen molar-refractivity contribution in [2.24, 2.45) is 18.9 Å². The van der Waals surface area contributed by atoms with E-state index >= 15 is 0 Å². The lowest BCUT2D eigenvalue weighted by molar-refractivity contribution is -0.745. The first-order chi connectivity index (χ1) is 45.6. The van der Waals surface area contributed by atoms with E-state index in [1.54, 1.807) is 6.92 Å². The Balaban J connectivity index is 0.740. The van der Waals surface area contributed by atoms with Gasteiger partial charge in [-0.05, 0) is 19.8 Å². The molecule has 0 amide bonds. The summed E-state index contributed by atoms with van der Waals surface area (Å²) in [4.78, 5) is 122. The third kappa shape index (κ3) is 14.1. The number of nitrogens with two attached hydrogens (primary N) is 3. The number of fused-ring (bicyclic) bond motifs is 4. The second-order valence-corrected chi connectivity index (χ2v) is 30.1. The molecule has 0 aromatic carbocycles. The molecule has 528 valence electrons. The van der Waals surface area contributed by atoms with E-state index in [1.165, 1.54) is 46.1 Å². The monoisotopic (exact) mass is 1470 g/mol. The molecule has 18 N–H and O–H groups in total. The lowest BCUT2D eigenvalue weighted by Crippen LogP contribution is -2.46. The molecule has 2 saturated carbocycles. The number of hydrogen-bond acceptors (Lipinski definition) is 35. The molecule has 4 fully saturated rings. The number of nitrogens with zero attached hydrogens (tertiary/aromatic N) is 14. The number of H-pyrrole nitrogens is 2. The molecule has 0 spiro atoms. The number of phosphoric ester groups is 4. The van der Waals surface area contributed by atoms with Crippen LogP contribution in [0.25, 0.3) is 44.7 Å². The number of nitrogen functional groups attached to an aromatic ring is 3. The smallest absolute Gasteiger partial charge is 0.390 e. The highest BCUT2D eigenvalue weighted by atomic mass is 31.3.